The van der Waals surface area contributed by atoms with E-state index in [4.69, 9.17) is 10.8 Å². The Labute approximate surface area is 90.8 Å². The third-order valence-electron chi connectivity index (χ3n) is 2.75. The summed E-state index contributed by atoms with van der Waals surface area (Å²) in [7, 11) is 0. The predicted octanol–water partition coefficient (Wildman–Crippen LogP) is 1.78. The van der Waals surface area contributed by atoms with Crippen molar-refractivity contribution in [1.29, 1.82) is 0 Å². The molecule has 0 aliphatic heterocycles. The van der Waals surface area contributed by atoms with Crippen LogP contribution in [0.5, 0.6) is 0 Å². The van der Waals surface area contributed by atoms with E-state index in [2.05, 4.69) is 0 Å². The van der Waals surface area contributed by atoms with Crippen LogP contribution in [0.15, 0.2) is 0 Å². The van der Waals surface area contributed by atoms with Gasteiger partial charge in [0.2, 0.25) is 5.91 Å². The predicted molar refractivity (Wildman–Crippen MR) is 58.2 cm³/mol. The smallest absolute Gasteiger partial charge is 0.306 e. The van der Waals surface area contributed by atoms with E-state index in [1.54, 1.807) is 0 Å². The molecule has 0 aromatic carbocycles. The molecular weight excluding hydrogens is 194 g/mol. The zero-order valence-electron chi connectivity index (χ0n) is 9.53. The van der Waals surface area contributed by atoms with Gasteiger partial charge < -0.3 is 10.8 Å². The van der Waals surface area contributed by atoms with Gasteiger partial charge in [0.05, 0.1) is 5.92 Å². The lowest BCUT2D eigenvalue weighted by Crippen LogP contribution is -2.24. The first-order valence-corrected chi connectivity index (χ1v) is 5.55. The fourth-order valence-electron chi connectivity index (χ4n) is 1.69. The standard InChI is InChI=1S/C11H21NO3/c1-3-5-9(11(14)15)7-6-8(4-2)10(12)13/h8-9H,3-7H2,1-2H3,(H2,12,13)(H,14,15). The fraction of sp³-hybridized carbons (Fsp3) is 0.818. The summed E-state index contributed by atoms with van der Waals surface area (Å²) < 4.78 is 0. The number of carbonyl (C=O) groups excluding carboxylic acids is 1. The summed E-state index contributed by atoms with van der Waals surface area (Å²) in [6, 6.07) is 0. The quantitative estimate of drug-likeness (QED) is 0.647. The van der Waals surface area contributed by atoms with E-state index in [1.165, 1.54) is 0 Å². The number of aliphatic carboxylic acids is 1. The van der Waals surface area contributed by atoms with E-state index in [9.17, 15) is 9.59 Å². The average Bonchev–Trinajstić information content (AvgIpc) is 2.16. The van der Waals surface area contributed by atoms with Crippen LogP contribution in [0.2, 0.25) is 0 Å². The molecule has 0 saturated heterocycles. The molecule has 1 amide bonds. The zero-order valence-corrected chi connectivity index (χ0v) is 9.53. The number of hydrogen-bond donors (Lipinski definition) is 2. The first kappa shape index (κ1) is 13.9. The second-order valence-electron chi connectivity index (χ2n) is 3.91. The molecule has 0 saturated carbocycles. The Morgan fingerprint density at radius 3 is 2.00 bits per heavy atom. The van der Waals surface area contributed by atoms with Gasteiger partial charge in [-0.2, -0.15) is 0 Å². The number of nitrogens with two attached hydrogens (primary N) is 1. The van der Waals surface area contributed by atoms with Gasteiger partial charge in [0.1, 0.15) is 0 Å². The van der Waals surface area contributed by atoms with Crippen molar-refractivity contribution in [2.75, 3.05) is 0 Å². The Morgan fingerprint density at radius 2 is 1.67 bits per heavy atom. The molecule has 3 N–H and O–H groups in total. The average molecular weight is 215 g/mol. The first-order chi connectivity index (χ1) is 7.02. The van der Waals surface area contributed by atoms with Gasteiger partial charge in [-0.15, -0.1) is 0 Å². The highest BCUT2D eigenvalue weighted by molar-refractivity contribution is 5.76. The van der Waals surface area contributed by atoms with E-state index in [0.717, 1.165) is 6.42 Å². The Morgan fingerprint density at radius 1 is 1.13 bits per heavy atom. The summed E-state index contributed by atoms with van der Waals surface area (Å²) in [5.74, 6) is -1.60. The largest absolute Gasteiger partial charge is 0.481 e. The van der Waals surface area contributed by atoms with Gasteiger partial charge in [0.25, 0.3) is 0 Å². The van der Waals surface area contributed by atoms with Crippen molar-refractivity contribution in [2.45, 2.75) is 46.0 Å². The Bertz CT molecular complexity index is 216. The molecule has 0 spiro atoms. The monoisotopic (exact) mass is 215 g/mol. The van der Waals surface area contributed by atoms with E-state index in [-0.39, 0.29) is 17.7 Å². The maximum atomic E-state index is 10.9. The van der Waals surface area contributed by atoms with Gasteiger partial charge in [0.15, 0.2) is 0 Å². The summed E-state index contributed by atoms with van der Waals surface area (Å²) >= 11 is 0. The lowest BCUT2D eigenvalue weighted by molar-refractivity contribution is -0.142. The van der Waals surface area contributed by atoms with Crippen LogP contribution in [-0.2, 0) is 9.59 Å². The van der Waals surface area contributed by atoms with Gasteiger partial charge in [-0.25, -0.2) is 0 Å². The molecule has 0 fully saturated rings. The van der Waals surface area contributed by atoms with E-state index in [0.29, 0.717) is 25.7 Å². The van der Waals surface area contributed by atoms with Gasteiger partial charge in [-0.1, -0.05) is 20.3 Å². The summed E-state index contributed by atoms with van der Waals surface area (Å²) in [4.78, 5) is 21.8. The minimum absolute atomic E-state index is 0.177. The van der Waals surface area contributed by atoms with Crippen molar-refractivity contribution in [1.82, 2.24) is 0 Å². The van der Waals surface area contributed by atoms with Crippen LogP contribution < -0.4 is 5.73 Å². The summed E-state index contributed by atoms with van der Waals surface area (Å²) in [6.07, 6.45) is 3.34. The minimum atomic E-state index is -0.767. The number of hydrogen-bond acceptors (Lipinski definition) is 2. The molecule has 4 heteroatoms. The minimum Gasteiger partial charge on any atom is -0.481 e. The van der Waals surface area contributed by atoms with Crippen LogP contribution in [0.25, 0.3) is 0 Å². The number of carboxylic acids is 1. The molecule has 0 aliphatic rings. The van der Waals surface area contributed by atoms with Crippen LogP contribution in [0.1, 0.15) is 46.0 Å². The number of rotatable bonds is 8. The lowest BCUT2D eigenvalue weighted by Gasteiger charge is -2.14. The summed E-state index contributed by atoms with van der Waals surface area (Å²) in [6.45, 7) is 3.85. The molecule has 2 atom stereocenters. The maximum absolute atomic E-state index is 10.9. The Hall–Kier alpha value is -1.06. The van der Waals surface area contributed by atoms with Crippen molar-refractivity contribution in [2.24, 2.45) is 17.6 Å². The number of carboxylic acid groups (broad SMARTS) is 1. The third kappa shape index (κ3) is 5.40. The third-order valence-corrected chi connectivity index (χ3v) is 2.75. The highest BCUT2D eigenvalue weighted by Gasteiger charge is 2.20. The van der Waals surface area contributed by atoms with E-state index in [1.807, 2.05) is 13.8 Å². The number of carbonyl (C=O) groups is 2. The van der Waals surface area contributed by atoms with E-state index >= 15 is 0 Å². The molecule has 0 bridgehead atoms. The summed E-state index contributed by atoms with van der Waals surface area (Å²) in [5, 5.41) is 8.91. The SMILES string of the molecule is CCCC(CCC(CC)C(N)=O)C(=O)O. The van der Waals surface area contributed by atoms with Crippen LogP contribution in [0.4, 0.5) is 0 Å². The van der Waals surface area contributed by atoms with Crippen LogP contribution in [0.3, 0.4) is 0 Å². The normalized spacial score (nSPS) is 14.5. The van der Waals surface area contributed by atoms with E-state index < -0.39 is 5.97 Å². The van der Waals surface area contributed by atoms with Gasteiger partial charge >= 0.3 is 5.97 Å². The number of amides is 1. The van der Waals surface area contributed by atoms with Crippen molar-refractivity contribution in [3.05, 3.63) is 0 Å². The molecule has 0 heterocycles. The Balaban J connectivity index is 4.07. The molecule has 88 valence electrons. The molecule has 0 rings (SSSR count). The second kappa shape index (κ2) is 7.26. The number of primary amides is 1. The van der Waals surface area contributed by atoms with Gasteiger partial charge in [0, 0.05) is 5.92 Å². The van der Waals surface area contributed by atoms with Gasteiger partial charge in [-0.05, 0) is 25.7 Å². The van der Waals surface area contributed by atoms with Crippen molar-refractivity contribution >= 4 is 11.9 Å². The van der Waals surface area contributed by atoms with Crippen molar-refractivity contribution in [3.63, 3.8) is 0 Å². The molecule has 15 heavy (non-hydrogen) atoms. The molecule has 0 aromatic rings. The van der Waals surface area contributed by atoms with Crippen LogP contribution in [-0.4, -0.2) is 17.0 Å². The van der Waals surface area contributed by atoms with Crippen molar-refractivity contribution < 1.29 is 14.7 Å². The second-order valence-corrected chi connectivity index (χ2v) is 3.91. The molecule has 2 unspecified atom stereocenters. The maximum Gasteiger partial charge on any atom is 0.306 e. The first-order valence-electron chi connectivity index (χ1n) is 5.55. The topological polar surface area (TPSA) is 80.4 Å². The highest BCUT2D eigenvalue weighted by atomic mass is 16.4. The van der Waals surface area contributed by atoms with Crippen LogP contribution >= 0.6 is 0 Å². The molecule has 0 radical (unpaired) electrons. The molecule has 0 aliphatic carbocycles. The lowest BCUT2D eigenvalue weighted by atomic mass is 9.91. The van der Waals surface area contributed by atoms with Crippen molar-refractivity contribution in [3.8, 4) is 0 Å². The molecular formula is C11H21NO3. The van der Waals surface area contributed by atoms with Crippen LogP contribution in [0, 0.1) is 11.8 Å². The summed E-state index contributed by atoms with van der Waals surface area (Å²) in [5.41, 5.74) is 5.20. The molecule has 0 aromatic heterocycles. The van der Waals surface area contributed by atoms with Gasteiger partial charge in [-0.3, -0.25) is 9.59 Å². The molecule has 4 nitrogen and oxygen atoms in total. The zero-order chi connectivity index (χ0) is 11.8. The highest BCUT2D eigenvalue weighted by Crippen LogP contribution is 2.19. The fourth-order valence-corrected chi connectivity index (χ4v) is 1.69. The Kier molecular flexibility index (Phi) is 6.75.